The van der Waals surface area contributed by atoms with Gasteiger partial charge in [-0.25, -0.2) is 0 Å². The van der Waals surface area contributed by atoms with E-state index in [1.807, 2.05) is 39.8 Å². The Morgan fingerprint density at radius 2 is 1.76 bits per heavy atom. The molecule has 0 aromatic carbocycles. The Kier molecular flexibility index (Phi) is 12.3. The van der Waals surface area contributed by atoms with Gasteiger partial charge in [-0.15, -0.1) is 13.2 Å². The van der Waals surface area contributed by atoms with Crippen molar-refractivity contribution in [1.82, 2.24) is 0 Å². The lowest BCUT2D eigenvalue weighted by Crippen LogP contribution is -2.23. The van der Waals surface area contributed by atoms with Crippen molar-refractivity contribution in [3.05, 3.63) is 49.6 Å². The maximum Gasteiger partial charge on any atom is -0.00433 e. The highest BCUT2D eigenvalue weighted by atomic mass is 14.3. The molecule has 2 atom stereocenters. The van der Waals surface area contributed by atoms with Crippen LogP contribution in [0.15, 0.2) is 49.6 Å². The molecule has 2 unspecified atom stereocenters. The van der Waals surface area contributed by atoms with E-state index >= 15 is 0 Å². The number of allylic oxidation sites excluding steroid dienone is 6. The standard InChI is InChI=1S/C13H18.2C2H6/c1-4-9-12(5-2)13(3)10-7-6-8-11-13;2*1-2/h4-8,10,12H,1-2,9,11H2,3H3;2*1-2H3. The Bertz CT molecular complexity index is 245. The van der Waals surface area contributed by atoms with Gasteiger partial charge in [0.1, 0.15) is 0 Å². The van der Waals surface area contributed by atoms with Crippen LogP contribution in [0.25, 0.3) is 0 Å². The molecule has 0 N–H and O–H groups in total. The third-order valence-electron chi connectivity index (χ3n) is 2.83. The molecular formula is C17H30. The molecule has 0 aromatic heterocycles. The third-order valence-corrected chi connectivity index (χ3v) is 2.83. The van der Waals surface area contributed by atoms with Crippen molar-refractivity contribution in [2.24, 2.45) is 11.3 Å². The largest absolute Gasteiger partial charge is 0.103 e. The summed E-state index contributed by atoms with van der Waals surface area (Å²) in [5.74, 6) is 0.506. The molecule has 0 nitrogen and oxygen atoms in total. The predicted octanol–water partition coefficient (Wildman–Crippen LogP) is 5.94. The predicted molar refractivity (Wildman–Crippen MR) is 82.2 cm³/mol. The Morgan fingerprint density at radius 3 is 2.12 bits per heavy atom. The maximum absolute atomic E-state index is 3.89. The Labute approximate surface area is 109 Å². The molecule has 0 radical (unpaired) electrons. The lowest BCUT2D eigenvalue weighted by Gasteiger charge is -2.33. The summed E-state index contributed by atoms with van der Waals surface area (Å²) in [6, 6.07) is 0. The van der Waals surface area contributed by atoms with E-state index in [4.69, 9.17) is 0 Å². The summed E-state index contributed by atoms with van der Waals surface area (Å²) >= 11 is 0. The summed E-state index contributed by atoms with van der Waals surface area (Å²) in [5, 5.41) is 0. The fourth-order valence-electron chi connectivity index (χ4n) is 1.83. The van der Waals surface area contributed by atoms with Crippen LogP contribution in [0.5, 0.6) is 0 Å². The molecule has 1 rings (SSSR count). The summed E-state index contributed by atoms with van der Waals surface area (Å²) in [7, 11) is 0. The van der Waals surface area contributed by atoms with E-state index in [0.717, 1.165) is 12.8 Å². The minimum atomic E-state index is 0.241. The maximum atomic E-state index is 3.89. The molecule has 1 aliphatic carbocycles. The van der Waals surface area contributed by atoms with Crippen molar-refractivity contribution in [3.63, 3.8) is 0 Å². The molecule has 0 heterocycles. The molecule has 0 amide bonds. The topological polar surface area (TPSA) is 0 Å². The number of rotatable bonds is 4. The van der Waals surface area contributed by atoms with Crippen molar-refractivity contribution in [2.75, 3.05) is 0 Å². The molecule has 0 aliphatic heterocycles. The zero-order valence-electron chi connectivity index (χ0n) is 12.4. The van der Waals surface area contributed by atoms with E-state index in [2.05, 4.69) is 44.4 Å². The van der Waals surface area contributed by atoms with Crippen LogP contribution in [0.3, 0.4) is 0 Å². The third kappa shape index (κ3) is 6.31. The SMILES string of the molecule is C=CCC(C=C)C1(C)C=CC=CC1.CC.CC. The zero-order valence-corrected chi connectivity index (χ0v) is 12.4. The summed E-state index contributed by atoms with van der Waals surface area (Å²) in [6.07, 6.45) is 14.9. The first-order valence-electron chi connectivity index (χ1n) is 6.81. The van der Waals surface area contributed by atoms with E-state index in [-0.39, 0.29) is 5.41 Å². The smallest absolute Gasteiger partial charge is 0.00433 e. The van der Waals surface area contributed by atoms with Crippen molar-refractivity contribution >= 4 is 0 Å². The lowest BCUT2D eigenvalue weighted by molar-refractivity contribution is 0.311. The minimum absolute atomic E-state index is 0.241. The molecule has 17 heavy (non-hydrogen) atoms. The van der Waals surface area contributed by atoms with Gasteiger partial charge in [-0.2, -0.15) is 0 Å². The van der Waals surface area contributed by atoms with E-state index < -0.39 is 0 Å². The van der Waals surface area contributed by atoms with Gasteiger partial charge in [0, 0.05) is 0 Å². The van der Waals surface area contributed by atoms with E-state index in [9.17, 15) is 0 Å². The summed E-state index contributed by atoms with van der Waals surface area (Å²) in [5.41, 5.74) is 0.241. The Morgan fingerprint density at radius 1 is 1.18 bits per heavy atom. The van der Waals surface area contributed by atoms with Gasteiger partial charge < -0.3 is 0 Å². The first kappa shape index (κ1) is 18.3. The summed E-state index contributed by atoms with van der Waals surface area (Å²) < 4.78 is 0. The van der Waals surface area contributed by atoms with E-state index in [0.29, 0.717) is 5.92 Å². The first-order valence-corrected chi connectivity index (χ1v) is 6.81. The van der Waals surface area contributed by atoms with Crippen LogP contribution in [-0.4, -0.2) is 0 Å². The van der Waals surface area contributed by atoms with E-state index in [1.54, 1.807) is 0 Å². The molecular weight excluding hydrogens is 204 g/mol. The quantitative estimate of drug-likeness (QED) is 0.528. The fourth-order valence-corrected chi connectivity index (χ4v) is 1.83. The van der Waals surface area contributed by atoms with Gasteiger partial charge in [-0.3, -0.25) is 0 Å². The van der Waals surface area contributed by atoms with Crippen LogP contribution < -0.4 is 0 Å². The molecule has 98 valence electrons. The number of hydrogen-bond acceptors (Lipinski definition) is 0. The molecule has 0 saturated carbocycles. The minimum Gasteiger partial charge on any atom is -0.103 e. The fraction of sp³-hybridized carbons (Fsp3) is 0.529. The van der Waals surface area contributed by atoms with Crippen LogP contribution >= 0.6 is 0 Å². The summed E-state index contributed by atoms with van der Waals surface area (Å²) in [4.78, 5) is 0. The molecule has 0 spiro atoms. The second-order valence-electron chi connectivity index (χ2n) is 3.86. The Balaban J connectivity index is 0. The van der Waals surface area contributed by atoms with Gasteiger partial charge in [0.05, 0.1) is 0 Å². The van der Waals surface area contributed by atoms with Crippen molar-refractivity contribution in [3.8, 4) is 0 Å². The van der Waals surface area contributed by atoms with Gasteiger partial charge in [0.2, 0.25) is 0 Å². The molecule has 0 fully saturated rings. The van der Waals surface area contributed by atoms with Crippen molar-refractivity contribution in [1.29, 1.82) is 0 Å². The van der Waals surface area contributed by atoms with Gasteiger partial charge in [0.15, 0.2) is 0 Å². The molecule has 0 bridgehead atoms. The first-order chi connectivity index (χ1) is 8.23. The molecule has 0 aromatic rings. The van der Waals surface area contributed by atoms with Crippen molar-refractivity contribution < 1.29 is 0 Å². The lowest BCUT2D eigenvalue weighted by atomic mass is 9.71. The molecule has 1 aliphatic rings. The highest BCUT2D eigenvalue weighted by molar-refractivity contribution is 5.19. The van der Waals surface area contributed by atoms with Gasteiger partial charge >= 0.3 is 0 Å². The van der Waals surface area contributed by atoms with E-state index in [1.165, 1.54) is 0 Å². The van der Waals surface area contributed by atoms with Crippen LogP contribution in [0.4, 0.5) is 0 Å². The summed E-state index contributed by atoms with van der Waals surface area (Å²) in [6.45, 7) is 18.0. The molecule has 0 saturated heterocycles. The Hall–Kier alpha value is -1.04. The van der Waals surface area contributed by atoms with Crippen molar-refractivity contribution in [2.45, 2.75) is 47.5 Å². The zero-order chi connectivity index (χ0) is 13.7. The average molecular weight is 234 g/mol. The molecule has 0 heteroatoms. The van der Waals surface area contributed by atoms with Crippen LogP contribution in [0.1, 0.15) is 47.5 Å². The normalized spacial score (nSPS) is 22.4. The van der Waals surface area contributed by atoms with Gasteiger partial charge in [0.25, 0.3) is 0 Å². The highest BCUT2D eigenvalue weighted by Gasteiger charge is 2.28. The monoisotopic (exact) mass is 234 g/mol. The second kappa shape index (κ2) is 11.4. The van der Waals surface area contributed by atoms with Crippen LogP contribution in [0, 0.1) is 11.3 Å². The van der Waals surface area contributed by atoms with Crippen LogP contribution in [-0.2, 0) is 0 Å². The van der Waals surface area contributed by atoms with Gasteiger partial charge in [-0.1, -0.05) is 71.1 Å². The van der Waals surface area contributed by atoms with Crippen LogP contribution in [0.2, 0.25) is 0 Å². The number of hydrogen-bond donors (Lipinski definition) is 0. The average Bonchev–Trinajstić information content (AvgIpc) is 2.41. The highest BCUT2D eigenvalue weighted by Crippen LogP contribution is 2.38. The second-order valence-corrected chi connectivity index (χ2v) is 3.86. The van der Waals surface area contributed by atoms with Gasteiger partial charge in [-0.05, 0) is 24.2 Å².